The molecule has 1 atom stereocenters. The minimum atomic E-state index is -0.482. The van der Waals surface area contributed by atoms with E-state index in [2.05, 4.69) is 0 Å². The first-order valence-corrected chi connectivity index (χ1v) is 7.83. The fourth-order valence-corrected chi connectivity index (χ4v) is 3.22. The summed E-state index contributed by atoms with van der Waals surface area (Å²) in [6.45, 7) is 4.50. The minimum absolute atomic E-state index is 0.0712. The number of halogens is 1. The number of aliphatic hydroxyl groups is 1. The van der Waals surface area contributed by atoms with Crippen LogP contribution in [0.15, 0.2) is 29.2 Å². The second kappa shape index (κ2) is 6.77. The number of hydrogen-bond donors (Lipinski definition) is 1. The van der Waals surface area contributed by atoms with E-state index in [4.69, 9.17) is 4.74 Å². The second-order valence-electron chi connectivity index (χ2n) is 5.68. The van der Waals surface area contributed by atoms with E-state index in [0.717, 1.165) is 0 Å². The first-order valence-electron chi connectivity index (χ1n) is 6.85. The van der Waals surface area contributed by atoms with Crippen molar-refractivity contribution in [3.05, 3.63) is 30.1 Å². The molecule has 1 aliphatic heterocycles. The number of ether oxygens (including phenoxy) is 1. The quantitative estimate of drug-likeness (QED) is 0.863. The van der Waals surface area contributed by atoms with Crippen molar-refractivity contribution in [2.24, 2.45) is 0 Å². The lowest BCUT2D eigenvalue weighted by Gasteiger charge is -2.42. The van der Waals surface area contributed by atoms with Gasteiger partial charge < -0.3 is 14.7 Å². The molecule has 116 valence electrons. The summed E-state index contributed by atoms with van der Waals surface area (Å²) < 4.78 is 19.2. The molecule has 2 rings (SSSR count). The molecular weight excluding hydrogens is 293 g/mol. The van der Waals surface area contributed by atoms with Crippen LogP contribution in [0.4, 0.5) is 4.39 Å². The van der Waals surface area contributed by atoms with Gasteiger partial charge in [-0.3, -0.25) is 4.79 Å². The Morgan fingerprint density at radius 1 is 1.52 bits per heavy atom. The third-order valence-electron chi connectivity index (χ3n) is 3.23. The van der Waals surface area contributed by atoms with Crippen molar-refractivity contribution >= 4 is 17.7 Å². The van der Waals surface area contributed by atoms with Crippen LogP contribution in [0.5, 0.6) is 0 Å². The van der Waals surface area contributed by atoms with Crippen LogP contribution < -0.4 is 0 Å². The van der Waals surface area contributed by atoms with Gasteiger partial charge in [0.05, 0.1) is 24.1 Å². The largest absolute Gasteiger partial charge is 0.394 e. The molecule has 21 heavy (non-hydrogen) atoms. The van der Waals surface area contributed by atoms with E-state index in [1.54, 1.807) is 23.1 Å². The number of aliphatic hydroxyl groups excluding tert-OH is 1. The molecule has 0 radical (unpaired) electrons. The lowest BCUT2D eigenvalue weighted by molar-refractivity contribution is -0.165. The number of benzene rings is 1. The van der Waals surface area contributed by atoms with E-state index in [1.807, 2.05) is 13.8 Å². The van der Waals surface area contributed by atoms with Gasteiger partial charge in [0, 0.05) is 18.0 Å². The SMILES string of the molecule is CC1(C)CN(C(=O)CSc2ccccc2F)CC(CO)O1. The topological polar surface area (TPSA) is 49.8 Å². The number of nitrogens with zero attached hydrogens (tertiary/aromatic N) is 1. The van der Waals surface area contributed by atoms with Crippen LogP contribution in [0, 0.1) is 5.82 Å². The predicted octanol–water partition coefficient (Wildman–Crippen LogP) is 1.92. The molecule has 1 fully saturated rings. The molecule has 0 bridgehead atoms. The van der Waals surface area contributed by atoms with Crippen LogP contribution in [0.2, 0.25) is 0 Å². The van der Waals surface area contributed by atoms with Gasteiger partial charge in [-0.15, -0.1) is 11.8 Å². The Hall–Kier alpha value is -1.11. The molecule has 4 nitrogen and oxygen atoms in total. The minimum Gasteiger partial charge on any atom is -0.394 e. The number of hydrogen-bond acceptors (Lipinski definition) is 4. The number of rotatable bonds is 4. The van der Waals surface area contributed by atoms with Crippen LogP contribution in [-0.4, -0.2) is 53.1 Å². The Bertz CT molecular complexity index is 509. The molecule has 0 saturated carbocycles. The smallest absolute Gasteiger partial charge is 0.233 e. The predicted molar refractivity (Wildman–Crippen MR) is 79.7 cm³/mol. The maximum absolute atomic E-state index is 13.5. The number of morpholine rings is 1. The molecule has 0 aromatic heterocycles. The van der Waals surface area contributed by atoms with Gasteiger partial charge in [-0.2, -0.15) is 0 Å². The Kier molecular flexibility index (Phi) is 5.24. The van der Waals surface area contributed by atoms with Crippen LogP contribution in [0.1, 0.15) is 13.8 Å². The third kappa shape index (κ3) is 4.43. The molecule has 1 aliphatic rings. The lowest BCUT2D eigenvalue weighted by atomic mass is 10.1. The standard InChI is InChI=1S/C15H20FNO3S/c1-15(2)10-17(7-11(8-18)20-15)14(19)9-21-13-6-4-3-5-12(13)16/h3-6,11,18H,7-10H2,1-2H3. The van der Waals surface area contributed by atoms with Gasteiger partial charge >= 0.3 is 0 Å². The van der Waals surface area contributed by atoms with Crippen LogP contribution in [0.3, 0.4) is 0 Å². The molecule has 1 heterocycles. The van der Waals surface area contributed by atoms with Crippen molar-refractivity contribution in [2.45, 2.75) is 30.4 Å². The van der Waals surface area contributed by atoms with Crippen molar-refractivity contribution in [3.63, 3.8) is 0 Å². The molecular formula is C15H20FNO3S. The van der Waals surface area contributed by atoms with Crippen molar-refractivity contribution < 1.29 is 19.0 Å². The zero-order chi connectivity index (χ0) is 15.5. The third-order valence-corrected chi connectivity index (χ3v) is 4.26. The monoisotopic (exact) mass is 313 g/mol. The summed E-state index contributed by atoms with van der Waals surface area (Å²) in [5.41, 5.74) is -0.482. The van der Waals surface area contributed by atoms with Gasteiger partial charge in [-0.1, -0.05) is 12.1 Å². The first-order chi connectivity index (χ1) is 9.91. The molecule has 1 saturated heterocycles. The highest BCUT2D eigenvalue weighted by atomic mass is 32.2. The number of carbonyl (C=O) groups excluding carboxylic acids is 1. The molecule has 1 amide bonds. The van der Waals surface area contributed by atoms with E-state index in [1.165, 1.54) is 17.8 Å². The molecule has 1 N–H and O–H groups in total. The Balaban J connectivity index is 1.95. The van der Waals surface area contributed by atoms with E-state index >= 15 is 0 Å². The maximum atomic E-state index is 13.5. The fourth-order valence-electron chi connectivity index (χ4n) is 2.37. The number of carbonyl (C=O) groups is 1. The molecule has 0 spiro atoms. The van der Waals surface area contributed by atoms with Gasteiger partial charge in [0.1, 0.15) is 5.82 Å². The summed E-state index contributed by atoms with van der Waals surface area (Å²) in [5.74, 6) is -0.210. The zero-order valence-corrected chi connectivity index (χ0v) is 13.0. The average Bonchev–Trinajstić information content (AvgIpc) is 2.44. The summed E-state index contributed by atoms with van der Waals surface area (Å²) in [6, 6.07) is 6.41. The Morgan fingerprint density at radius 3 is 2.90 bits per heavy atom. The zero-order valence-electron chi connectivity index (χ0n) is 12.2. The van der Waals surface area contributed by atoms with Crippen molar-refractivity contribution in [1.29, 1.82) is 0 Å². The van der Waals surface area contributed by atoms with E-state index in [-0.39, 0.29) is 30.2 Å². The average molecular weight is 313 g/mol. The molecule has 0 aliphatic carbocycles. The highest BCUT2D eigenvalue weighted by Crippen LogP contribution is 2.24. The molecule has 1 aromatic rings. The first kappa shape index (κ1) is 16.3. The van der Waals surface area contributed by atoms with Gasteiger partial charge in [0.25, 0.3) is 0 Å². The van der Waals surface area contributed by atoms with Gasteiger partial charge in [0.2, 0.25) is 5.91 Å². The van der Waals surface area contributed by atoms with Gasteiger partial charge in [-0.05, 0) is 26.0 Å². The van der Waals surface area contributed by atoms with Crippen molar-refractivity contribution in [2.75, 3.05) is 25.4 Å². The molecule has 6 heteroatoms. The lowest BCUT2D eigenvalue weighted by Crippen LogP contribution is -2.56. The number of thioether (sulfide) groups is 1. The summed E-state index contributed by atoms with van der Waals surface area (Å²) in [5, 5.41) is 9.25. The highest BCUT2D eigenvalue weighted by molar-refractivity contribution is 8.00. The summed E-state index contributed by atoms with van der Waals surface area (Å²) >= 11 is 1.19. The van der Waals surface area contributed by atoms with E-state index in [9.17, 15) is 14.3 Å². The summed E-state index contributed by atoms with van der Waals surface area (Å²) in [4.78, 5) is 14.4. The fraction of sp³-hybridized carbons (Fsp3) is 0.533. The van der Waals surface area contributed by atoms with E-state index in [0.29, 0.717) is 18.0 Å². The van der Waals surface area contributed by atoms with Gasteiger partial charge in [0.15, 0.2) is 0 Å². The number of amides is 1. The van der Waals surface area contributed by atoms with Crippen LogP contribution >= 0.6 is 11.8 Å². The Morgan fingerprint density at radius 2 is 2.24 bits per heavy atom. The summed E-state index contributed by atoms with van der Waals surface area (Å²) in [7, 11) is 0. The maximum Gasteiger partial charge on any atom is 0.233 e. The second-order valence-corrected chi connectivity index (χ2v) is 6.69. The summed E-state index contributed by atoms with van der Waals surface area (Å²) in [6.07, 6.45) is -0.365. The normalized spacial score (nSPS) is 21.3. The van der Waals surface area contributed by atoms with Crippen LogP contribution in [0.25, 0.3) is 0 Å². The van der Waals surface area contributed by atoms with E-state index < -0.39 is 5.60 Å². The van der Waals surface area contributed by atoms with Crippen LogP contribution in [-0.2, 0) is 9.53 Å². The van der Waals surface area contributed by atoms with Crippen molar-refractivity contribution in [1.82, 2.24) is 4.90 Å². The molecule has 1 unspecified atom stereocenters. The Labute approximate surface area is 128 Å². The molecule has 1 aromatic carbocycles. The van der Waals surface area contributed by atoms with Crippen molar-refractivity contribution in [3.8, 4) is 0 Å². The highest BCUT2D eigenvalue weighted by Gasteiger charge is 2.35. The van der Waals surface area contributed by atoms with Gasteiger partial charge in [-0.25, -0.2) is 4.39 Å².